The number of hydrogen-bond donors (Lipinski definition) is 1. The van der Waals surface area contributed by atoms with Gasteiger partial charge in [-0.2, -0.15) is 0 Å². The molecular weight excluding hydrogens is 349 g/mol. The highest BCUT2D eigenvalue weighted by atomic mass is 35.5. The molecule has 2 rings (SSSR count). The Kier molecular flexibility index (Phi) is 6.17. The summed E-state index contributed by atoms with van der Waals surface area (Å²) in [4.78, 5) is 30.4. The maximum absolute atomic E-state index is 12.4. The third-order valence-electron chi connectivity index (χ3n) is 3.42. The van der Waals surface area contributed by atoms with Gasteiger partial charge in [-0.3, -0.25) is 14.6 Å². The van der Waals surface area contributed by atoms with E-state index in [2.05, 4.69) is 10.3 Å². The number of hydrogen-bond acceptors (Lipinski definition) is 3. The molecule has 0 saturated heterocycles. The molecule has 1 aromatic heterocycles. The number of nitrogens with one attached hydrogen (secondary N) is 1. The Morgan fingerprint density at radius 2 is 1.58 bits per heavy atom. The van der Waals surface area contributed by atoms with E-state index in [1.807, 2.05) is 13.8 Å². The van der Waals surface area contributed by atoms with Crippen molar-refractivity contribution < 1.29 is 9.59 Å². The van der Waals surface area contributed by atoms with E-state index < -0.39 is 5.91 Å². The molecule has 1 aromatic carbocycles. The van der Waals surface area contributed by atoms with Crippen molar-refractivity contribution in [2.24, 2.45) is 0 Å². The molecule has 0 bridgehead atoms. The number of nitrogens with zero attached hydrogens (tertiary/aromatic N) is 2. The van der Waals surface area contributed by atoms with Crippen molar-refractivity contribution in [3.05, 3.63) is 57.8 Å². The van der Waals surface area contributed by atoms with Crippen molar-refractivity contribution in [1.29, 1.82) is 0 Å². The van der Waals surface area contributed by atoms with Crippen LogP contribution in [-0.4, -0.2) is 34.8 Å². The summed E-state index contributed by atoms with van der Waals surface area (Å²) in [5.74, 6) is -0.553. The van der Waals surface area contributed by atoms with Crippen LogP contribution in [0.4, 0.5) is 5.69 Å². The van der Waals surface area contributed by atoms with E-state index >= 15 is 0 Å². The molecule has 2 amide bonds. The molecule has 5 nitrogen and oxygen atoms in total. The minimum absolute atomic E-state index is 0.159. The lowest BCUT2D eigenvalue weighted by Crippen LogP contribution is -2.30. The quantitative estimate of drug-likeness (QED) is 0.866. The monoisotopic (exact) mass is 365 g/mol. The second kappa shape index (κ2) is 8.13. The highest BCUT2D eigenvalue weighted by Gasteiger charge is 2.15. The second-order valence-electron chi connectivity index (χ2n) is 5.05. The van der Waals surface area contributed by atoms with Gasteiger partial charge in [-0.25, -0.2) is 0 Å². The number of benzene rings is 1. The zero-order valence-corrected chi connectivity index (χ0v) is 14.9. The fourth-order valence-electron chi connectivity index (χ4n) is 2.20. The average molecular weight is 366 g/mol. The first-order chi connectivity index (χ1) is 11.4. The first-order valence-electron chi connectivity index (χ1n) is 7.46. The molecule has 1 N–H and O–H groups in total. The SMILES string of the molecule is CCN(CC)C(=O)c1cncc(C(=O)Nc2cc(Cl)cc(Cl)c2)c1. The van der Waals surface area contributed by atoms with Gasteiger partial charge in [0.05, 0.1) is 11.1 Å². The number of pyridine rings is 1. The maximum Gasteiger partial charge on any atom is 0.257 e. The molecule has 7 heteroatoms. The highest BCUT2D eigenvalue weighted by molar-refractivity contribution is 6.35. The molecule has 1 heterocycles. The molecule has 0 aliphatic heterocycles. The number of rotatable bonds is 5. The highest BCUT2D eigenvalue weighted by Crippen LogP contribution is 2.23. The van der Waals surface area contributed by atoms with Gasteiger partial charge in [-0.15, -0.1) is 0 Å². The lowest BCUT2D eigenvalue weighted by atomic mass is 10.1. The van der Waals surface area contributed by atoms with Gasteiger partial charge in [0.25, 0.3) is 11.8 Å². The normalized spacial score (nSPS) is 10.3. The van der Waals surface area contributed by atoms with Crippen LogP contribution in [0.2, 0.25) is 10.0 Å². The van der Waals surface area contributed by atoms with E-state index in [-0.39, 0.29) is 11.5 Å². The molecule has 0 atom stereocenters. The third kappa shape index (κ3) is 4.46. The Balaban J connectivity index is 2.21. The third-order valence-corrected chi connectivity index (χ3v) is 3.85. The molecule has 0 aliphatic rings. The van der Waals surface area contributed by atoms with Gasteiger partial charge >= 0.3 is 0 Å². The minimum Gasteiger partial charge on any atom is -0.339 e. The number of amides is 2. The van der Waals surface area contributed by atoms with Crippen molar-refractivity contribution in [3.63, 3.8) is 0 Å². The number of halogens is 2. The minimum atomic E-state index is -0.393. The van der Waals surface area contributed by atoms with E-state index in [1.54, 1.807) is 23.1 Å². The van der Waals surface area contributed by atoms with Crippen LogP contribution >= 0.6 is 23.2 Å². The predicted octanol–water partition coefficient (Wildman–Crippen LogP) is 4.12. The first kappa shape index (κ1) is 18.2. The second-order valence-corrected chi connectivity index (χ2v) is 5.92. The van der Waals surface area contributed by atoms with Crippen molar-refractivity contribution in [2.75, 3.05) is 18.4 Å². The van der Waals surface area contributed by atoms with Crippen molar-refractivity contribution in [2.45, 2.75) is 13.8 Å². The molecule has 126 valence electrons. The predicted molar refractivity (Wildman–Crippen MR) is 95.9 cm³/mol. The summed E-state index contributed by atoms with van der Waals surface area (Å²) in [6, 6.07) is 6.27. The lowest BCUT2D eigenvalue weighted by Gasteiger charge is -2.18. The summed E-state index contributed by atoms with van der Waals surface area (Å²) in [6.45, 7) is 4.97. The van der Waals surface area contributed by atoms with E-state index in [0.717, 1.165) is 0 Å². The van der Waals surface area contributed by atoms with Gasteiger partial charge in [-0.05, 0) is 38.1 Å². The number of aromatic nitrogens is 1. The van der Waals surface area contributed by atoms with Crippen LogP contribution in [0.25, 0.3) is 0 Å². The molecule has 0 fully saturated rings. The molecule has 0 radical (unpaired) electrons. The Labute approximate surface area is 150 Å². The van der Waals surface area contributed by atoms with Crippen LogP contribution in [-0.2, 0) is 0 Å². The largest absolute Gasteiger partial charge is 0.339 e. The Hall–Kier alpha value is -2.11. The van der Waals surface area contributed by atoms with Gasteiger partial charge in [0.15, 0.2) is 0 Å². The first-order valence-corrected chi connectivity index (χ1v) is 8.22. The van der Waals surface area contributed by atoms with Gasteiger partial charge in [0.2, 0.25) is 0 Å². The van der Waals surface area contributed by atoms with Crippen LogP contribution in [0.1, 0.15) is 34.6 Å². The van der Waals surface area contributed by atoms with Crippen LogP contribution in [0.15, 0.2) is 36.7 Å². The van der Waals surface area contributed by atoms with Crippen molar-refractivity contribution in [1.82, 2.24) is 9.88 Å². The fourth-order valence-corrected chi connectivity index (χ4v) is 2.73. The molecule has 24 heavy (non-hydrogen) atoms. The number of anilines is 1. The van der Waals surface area contributed by atoms with Crippen LogP contribution in [0.3, 0.4) is 0 Å². The summed E-state index contributed by atoms with van der Waals surface area (Å²) < 4.78 is 0. The van der Waals surface area contributed by atoms with Gasteiger partial charge in [0, 0.05) is 41.2 Å². The zero-order chi connectivity index (χ0) is 17.7. The van der Waals surface area contributed by atoms with E-state index in [1.165, 1.54) is 18.5 Å². The molecular formula is C17H17Cl2N3O2. The van der Waals surface area contributed by atoms with Gasteiger partial charge < -0.3 is 10.2 Å². The van der Waals surface area contributed by atoms with E-state index in [0.29, 0.717) is 34.4 Å². The fraction of sp³-hybridized carbons (Fsp3) is 0.235. The van der Waals surface area contributed by atoms with Gasteiger partial charge in [-0.1, -0.05) is 23.2 Å². The molecule has 0 saturated carbocycles. The number of carbonyl (C=O) groups is 2. The van der Waals surface area contributed by atoms with Gasteiger partial charge in [0.1, 0.15) is 0 Å². The molecule has 0 unspecified atom stereocenters. The van der Waals surface area contributed by atoms with E-state index in [4.69, 9.17) is 23.2 Å². The summed E-state index contributed by atoms with van der Waals surface area (Å²) in [5, 5.41) is 3.53. The summed E-state index contributed by atoms with van der Waals surface area (Å²) in [7, 11) is 0. The van der Waals surface area contributed by atoms with Crippen LogP contribution in [0, 0.1) is 0 Å². The van der Waals surface area contributed by atoms with Crippen molar-refractivity contribution >= 4 is 40.7 Å². The van der Waals surface area contributed by atoms with Crippen LogP contribution < -0.4 is 5.32 Å². The zero-order valence-electron chi connectivity index (χ0n) is 13.3. The average Bonchev–Trinajstić information content (AvgIpc) is 2.55. The number of carbonyl (C=O) groups excluding carboxylic acids is 2. The Bertz CT molecular complexity index is 741. The summed E-state index contributed by atoms with van der Waals surface area (Å²) >= 11 is 11.8. The summed E-state index contributed by atoms with van der Waals surface area (Å²) in [5.41, 5.74) is 1.12. The van der Waals surface area contributed by atoms with Crippen molar-refractivity contribution in [3.8, 4) is 0 Å². The van der Waals surface area contributed by atoms with E-state index in [9.17, 15) is 9.59 Å². The smallest absolute Gasteiger partial charge is 0.257 e. The molecule has 2 aromatic rings. The maximum atomic E-state index is 12.4. The molecule has 0 aliphatic carbocycles. The standard InChI is InChI=1S/C17H17Cl2N3O2/c1-3-22(4-2)17(24)12-5-11(9-20-10-12)16(23)21-15-7-13(18)6-14(19)8-15/h5-10H,3-4H2,1-2H3,(H,21,23). The topological polar surface area (TPSA) is 62.3 Å². The molecule has 0 spiro atoms. The Morgan fingerprint density at radius 3 is 2.17 bits per heavy atom. The Morgan fingerprint density at radius 1 is 1.00 bits per heavy atom. The lowest BCUT2D eigenvalue weighted by molar-refractivity contribution is 0.0772. The van der Waals surface area contributed by atoms with Crippen LogP contribution in [0.5, 0.6) is 0 Å². The summed E-state index contributed by atoms with van der Waals surface area (Å²) in [6.07, 6.45) is 2.86.